The van der Waals surface area contributed by atoms with Gasteiger partial charge >= 0.3 is 0 Å². The van der Waals surface area contributed by atoms with Crippen LogP contribution in [-0.2, 0) is 10.0 Å². The molecule has 2 aromatic rings. The average molecular weight is 370 g/mol. The quantitative estimate of drug-likeness (QED) is 0.855. The molecule has 2 N–H and O–H groups in total. The number of nitrogens with zero attached hydrogens (tertiary/aromatic N) is 3. The topological polar surface area (TPSA) is 108 Å². The van der Waals surface area contributed by atoms with Crippen molar-refractivity contribution in [2.45, 2.75) is 24.2 Å². The Morgan fingerprint density at radius 2 is 2.00 bits per heavy atom. The standard InChI is InChI=1S/C14H16ClN5O3S/c15-11-5-4-10(13(21)18-14-16-9-17-19-14)8-12(11)24(22,23)20-6-2-1-3-7-20/h4-5,8-9H,1-3,6-7H2,(H2,16,17,18,19,21). The highest BCUT2D eigenvalue weighted by Gasteiger charge is 2.28. The first-order valence-electron chi connectivity index (χ1n) is 7.45. The molecule has 0 bridgehead atoms. The van der Waals surface area contributed by atoms with E-state index in [4.69, 9.17) is 11.6 Å². The largest absolute Gasteiger partial charge is 0.291 e. The van der Waals surface area contributed by atoms with E-state index >= 15 is 0 Å². The molecule has 1 aliphatic heterocycles. The zero-order chi connectivity index (χ0) is 17.2. The van der Waals surface area contributed by atoms with Crippen LogP contribution in [0.15, 0.2) is 29.4 Å². The predicted molar refractivity (Wildman–Crippen MR) is 88.4 cm³/mol. The minimum absolute atomic E-state index is 0.0590. The molecule has 0 unspecified atom stereocenters. The van der Waals surface area contributed by atoms with Crippen molar-refractivity contribution in [3.63, 3.8) is 0 Å². The zero-order valence-electron chi connectivity index (χ0n) is 12.7. The second kappa shape index (κ2) is 6.88. The first kappa shape index (κ1) is 16.9. The highest BCUT2D eigenvalue weighted by atomic mass is 35.5. The van der Waals surface area contributed by atoms with Gasteiger partial charge in [-0.15, -0.1) is 0 Å². The smallest absolute Gasteiger partial charge is 0.258 e. The lowest BCUT2D eigenvalue weighted by atomic mass is 10.2. The summed E-state index contributed by atoms with van der Waals surface area (Å²) in [5.74, 6) is -0.325. The molecule has 0 aliphatic carbocycles. The summed E-state index contributed by atoms with van der Waals surface area (Å²) in [6, 6.07) is 4.16. The maximum Gasteiger partial charge on any atom is 0.258 e. The van der Waals surface area contributed by atoms with Crippen molar-refractivity contribution < 1.29 is 13.2 Å². The molecule has 1 amide bonds. The maximum absolute atomic E-state index is 12.8. The minimum Gasteiger partial charge on any atom is -0.291 e. The van der Waals surface area contributed by atoms with Gasteiger partial charge in [0.1, 0.15) is 11.2 Å². The molecule has 0 spiro atoms. The molecule has 1 fully saturated rings. The van der Waals surface area contributed by atoms with Crippen molar-refractivity contribution in [2.24, 2.45) is 0 Å². The molecule has 1 aromatic heterocycles. The number of hydrogen-bond acceptors (Lipinski definition) is 5. The summed E-state index contributed by atoms with van der Waals surface area (Å²) in [4.78, 5) is 16.0. The van der Waals surface area contributed by atoms with Gasteiger partial charge in [-0.1, -0.05) is 18.0 Å². The number of carbonyl (C=O) groups is 1. The number of aromatic nitrogens is 3. The Labute approximate surface area is 144 Å². The summed E-state index contributed by atoms with van der Waals surface area (Å²) < 4.78 is 27.0. The zero-order valence-corrected chi connectivity index (χ0v) is 14.3. The third-order valence-electron chi connectivity index (χ3n) is 3.77. The van der Waals surface area contributed by atoms with Gasteiger partial charge in [0.15, 0.2) is 0 Å². The summed E-state index contributed by atoms with van der Waals surface area (Å²) in [5.41, 5.74) is 0.173. The number of hydrogen-bond donors (Lipinski definition) is 2. The van der Waals surface area contributed by atoms with Gasteiger partial charge in [-0.2, -0.15) is 14.4 Å². The van der Waals surface area contributed by atoms with Gasteiger partial charge in [0.2, 0.25) is 16.0 Å². The monoisotopic (exact) mass is 369 g/mol. The fourth-order valence-corrected chi connectivity index (χ4v) is 4.55. The lowest BCUT2D eigenvalue weighted by Gasteiger charge is -2.26. The number of rotatable bonds is 4. The van der Waals surface area contributed by atoms with E-state index in [1.807, 2.05) is 0 Å². The number of sulfonamides is 1. The number of H-pyrrole nitrogens is 1. The van der Waals surface area contributed by atoms with Crippen LogP contribution in [0.2, 0.25) is 5.02 Å². The summed E-state index contributed by atoms with van der Waals surface area (Å²) in [7, 11) is -3.73. The fraction of sp³-hybridized carbons (Fsp3) is 0.357. The van der Waals surface area contributed by atoms with E-state index in [2.05, 4.69) is 20.5 Å². The lowest BCUT2D eigenvalue weighted by Crippen LogP contribution is -2.35. The molecular formula is C14H16ClN5O3S. The number of nitrogens with one attached hydrogen (secondary N) is 2. The van der Waals surface area contributed by atoms with Crippen molar-refractivity contribution in [1.29, 1.82) is 0 Å². The Kier molecular flexibility index (Phi) is 4.83. The Hall–Kier alpha value is -1.97. The van der Waals surface area contributed by atoms with Gasteiger partial charge in [0, 0.05) is 18.7 Å². The Morgan fingerprint density at radius 3 is 2.67 bits per heavy atom. The number of carbonyl (C=O) groups excluding carboxylic acids is 1. The molecule has 8 nitrogen and oxygen atoms in total. The molecule has 0 radical (unpaired) electrons. The second-order valence-corrected chi connectivity index (χ2v) is 7.71. The molecule has 24 heavy (non-hydrogen) atoms. The van der Waals surface area contributed by atoms with E-state index in [0.29, 0.717) is 13.1 Å². The SMILES string of the molecule is O=C(Nc1ncn[nH]1)c1ccc(Cl)c(S(=O)(=O)N2CCCCC2)c1. The van der Waals surface area contributed by atoms with Crippen LogP contribution in [0, 0.1) is 0 Å². The maximum atomic E-state index is 12.8. The highest BCUT2D eigenvalue weighted by molar-refractivity contribution is 7.89. The van der Waals surface area contributed by atoms with Gasteiger partial charge in [-0.25, -0.2) is 13.5 Å². The van der Waals surface area contributed by atoms with Crippen LogP contribution in [-0.4, -0.2) is 46.9 Å². The second-order valence-electron chi connectivity index (χ2n) is 5.40. The number of piperidine rings is 1. The van der Waals surface area contributed by atoms with Gasteiger partial charge in [-0.05, 0) is 31.0 Å². The average Bonchev–Trinajstić information content (AvgIpc) is 3.09. The van der Waals surface area contributed by atoms with Gasteiger partial charge in [-0.3, -0.25) is 10.1 Å². The summed E-state index contributed by atoms with van der Waals surface area (Å²) in [5, 5.41) is 8.72. The van der Waals surface area contributed by atoms with Gasteiger partial charge in [0.05, 0.1) is 5.02 Å². The molecular weight excluding hydrogens is 354 g/mol. The fourth-order valence-electron chi connectivity index (χ4n) is 2.53. The first-order valence-corrected chi connectivity index (χ1v) is 9.27. The van der Waals surface area contributed by atoms with Crippen LogP contribution >= 0.6 is 11.6 Å². The van der Waals surface area contributed by atoms with Crippen molar-refractivity contribution in [3.05, 3.63) is 35.1 Å². The molecule has 3 rings (SSSR count). The van der Waals surface area contributed by atoms with E-state index in [9.17, 15) is 13.2 Å². The van der Waals surface area contributed by atoms with Gasteiger partial charge in [0.25, 0.3) is 5.91 Å². The first-order chi connectivity index (χ1) is 11.5. The summed E-state index contributed by atoms with van der Waals surface area (Å²) in [6.45, 7) is 0.931. The van der Waals surface area contributed by atoms with E-state index < -0.39 is 15.9 Å². The van der Waals surface area contributed by atoms with Crippen molar-refractivity contribution in [1.82, 2.24) is 19.5 Å². The van der Waals surface area contributed by atoms with Crippen LogP contribution < -0.4 is 5.32 Å². The number of halogens is 1. The van der Waals surface area contributed by atoms with Crippen LogP contribution in [0.4, 0.5) is 5.95 Å². The molecule has 1 aromatic carbocycles. The summed E-state index contributed by atoms with van der Waals surface area (Å²) >= 11 is 6.08. The van der Waals surface area contributed by atoms with Crippen molar-refractivity contribution in [3.8, 4) is 0 Å². The predicted octanol–water partition coefficient (Wildman–Crippen LogP) is 1.89. The summed E-state index contributed by atoms with van der Waals surface area (Å²) in [6.07, 6.45) is 3.91. The number of anilines is 1. The molecule has 0 atom stereocenters. The third-order valence-corrected chi connectivity index (χ3v) is 6.15. The van der Waals surface area contributed by atoms with E-state index in [1.54, 1.807) is 0 Å². The minimum atomic E-state index is -3.73. The normalized spacial score (nSPS) is 16.0. The van der Waals surface area contributed by atoms with E-state index in [-0.39, 0.29) is 21.4 Å². The Balaban J connectivity index is 1.89. The van der Waals surface area contributed by atoms with E-state index in [0.717, 1.165) is 19.3 Å². The molecule has 10 heteroatoms. The van der Waals surface area contributed by atoms with Crippen LogP contribution in [0.3, 0.4) is 0 Å². The highest BCUT2D eigenvalue weighted by Crippen LogP contribution is 2.28. The molecule has 1 aliphatic rings. The van der Waals surface area contributed by atoms with Gasteiger partial charge < -0.3 is 0 Å². The van der Waals surface area contributed by atoms with E-state index in [1.165, 1.54) is 28.8 Å². The van der Waals surface area contributed by atoms with Crippen molar-refractivity contribution >= 4 is 33.5 Å². The molecule has 128 valence electrons. The van der Waals surface area contributed by atoms with Crippen LogP contribution in [0.25, 0.3) is 0 Å². The number of benzene rings is 1. The number of aromatic amines is 1. The van der Waals surface area contributed by atoms with Crippen molar-refractivity contribution in [2.75, 3.05) is 18.4 Å². The van der Waals surface area contributed by atoms with Crippen LogP contribution in [0.1, 0.15) is 29.6 Å². The molecule has 2 heterocycles. The molecule has 0 saturated carbocycles. The molecule has 1 saturated heterocycles. The lowest BCUT2D eigenvalue weighted by molar-refractivity contribution is 0.102. The van der Waals surface area contributed by atoms with Crippen LogP contribution in [0.5, 0.6) is 0 Å². The number of amides is 1. The Bertz CT molecular complexity index is 832. The third kappa shape index (κ3) is 3.42. The Morgan fingerprint density at radius 1 is 1.25 bits per heavy atom.